The van der Waals surface area contributed by atoms with Crippen molar-refractivity contribution in [1.82, 2.24) is 0 Å². The third-order valence-corrected chi connectivity index (χ3v) is 3.30. The second kappa shape index (κ2) is 3.86. The predicted octanol–water partition coefficient (Wildman–Crippen LogP) is 2.40. The van der Waals surface area contributed by atoms with Gasteiger partial charge < -0.3 is 9.64 Å². The van der Waals surface area contributed by atoms with Crippen LogP contribution in [0.1, 0.15) is 24.3 Å². The molecule has 1 aromatic rings. The molecule has 1 aromatic carbocycles. The topological polar surface area (TPSA) is 12.5 Å². The Labute approximate surface area is 90.8 Å². The van der Waals surface area contributed by atoms with E-state index in [2.05, 4.69) is 29.2 Å². The Morgan fingerprint density at radius 1 is 1.13 bits per heavy atom. The van der Waals surface area contributed by atoms with E-state index in [0.717, 1.165) is 32.2 Å². The molecule has 2 nitrogen and oxygen atoms in total. The number of ether oxygens (including phenoxy) is 1. The van der Waals surface area contributed by atoms with Crippen LogP contribution in [0.2, 0.25) is 0 Å². The van der Waals surface area contributed by atoms with Gasteiger partial charge in [0, 0.05) is 18.8 Å². The number of benzene rings is 1. The number of nitrogens with zero attached hydrogens (tertiary/aromatic N) is 1. The van der Waals surface area contributed by atoms with Gasteiger partial charge in [0.2, 0.25) is 0 Å². The molecular formula is C13H17NO. The molecular weight excluding hydrogens is 186 g/mol. The van der Waals surface area contributed by atoms with Crippen LogP contribution in [0, 0.1) is 0 Å². The van der Waals surface area contributed by atoms with Crippen LogP contribution in [0.5, 0.6) is 0 Å². The zero-order valence-electron chi connectivity index (χ0n) is 8.98. The lowest BCUT2D eigenvalue weighted by atomic mass is 10.1. The van der Waals surface area contributed by atoms with E-state index in [9.17, 15) is 0 Å². The van der Waals surface area contributed by atoms with Crippen molar-refractivity contribution in [3.8, 4) is 0 Å². The molecule has 1 saturated carbocycles. The summed E-state index contributed by atoms with van der Waals surface area (Å²) in [4.78, 5) is 2.43. The smallest absolute Gasteiger partial charge is 0.0642 e. The highest BCUT2D eigenvalue weighted by atomic mass is 16.5. The average molecular weight is 203 g/mol. The van der Waals surface area contributed by atoms with E-state index >= 15 is 0 Å². The van der Waals surface area contributed by atoms with Gasteiger partial charge in [0.1, 0.15) is 0 Å². The Morgan fingerprint density at radius 2 is 1.93 bits per heavy atom. The van der Waals surface area contributed by atoms with Gasteiger partial charge in [0.25, 0.3) is 0 Å². The SMILES string of the molecule is c1cc(C2CC2)cc(N2CCOCC2)c1. The Morgan fingerprint density at radius 3 is 2.67 bits per heavy atom. The van der Waals surface area contributed by atoms with Crippen molar-refractivity contribution in [2.24, 2.45) is 0 Å². The lowest BCUT2D eigenvalue weighted by molar-refractivity contribution is 0.122. The molecule has 0 N–H and O–H groups in total. The van der Waals surface area contributed by atoms with Gasteiger partial charge in [0.15, 0.2) is 0 Å². The summed E-state index contributed by atoms with van der Waals surface area (Å²) in [7, 11) is 0. The Kier molecular flexibility index (Phi) is 2.37. The zero-order valence-corrected chi connectivity index (χ0v) is 8.98. The van der Waals surface area contributed by atoms with Gasteiger partial charge >= 0.3 is 0 Å². The summed E-state index contributed by atoms with van der Waals surface area (Å²) in [6, 6.07) is 9.04. The first-order valence-electron chi connectivity index (χ1n) is 5.86. The molecule has 0 spiro atoms. The van der Waals surface area contributed by atoms with E-state index in [-0.39, 0.29) is 0 Å². The lowest BCUT2D eigenvalue weighted by Gasteiger charge is -2.29. The van der Waals surface area contributed by atoms with Crippen molar-refractivity contribution in [1.29, 1.82) is 0 Å². The van der Waals surface area contributed by atoms with E-state index < -0.39 is 0 Å². The number of hydrogen-bond donors (Lipinski definition) is 0. The summed E-state index contributed by atoms with van der Waals surface area (Å²) in [5.74, 6) is 0.853. The monoisotopic (exact) mass is 203 g/mol. The van der Waals surface area contributed by atoms with Crippen LogP contribution in [0.15, 0.2) is 24.3 Å². The maximum absolute atomic E-state index is 5.37. The fraction of sp³-hybridized carbons (Fsp3) is 0.538. The molecule has 15 heavy (non-hydrogen) atoms. The van der Waals surface area contributed by atoms with Crippen LogP contribution >= 0.6 is 0 Å². The lowest BCUT2D eigenvalue weighted by Crippen LogP contribution is -2.36. The second-order valence-electron chi connectivity index (χ2n) is 4.47. The second-order valence-corrected chi connectivity index (χ2v) is 4.47. The molecule has 0 atom stereocenters. The van der Waals surface area contributed by atoms with Crippen LogP contribution in [-0.4, -0.2) is 26.3 Å². The van der Waals surface area contributed by atoms with Crippen molar-refractivity contribution < 1.29 is 4.74 Å². The molecule has 3 rings (SSSR count). The third-order valence-electron chi connectivity index (χ3n) is 3.30. The van der Waals surface area contributed by atoms with E-state index in [4.69, 9.17) is 4.74 Å². The first-order valence-corrected chi connectivity index (χ1v) is 5.86. The minimum absolute atomic E-state index is 0.853. The van der Waals surface area contributed by atoms with Crippen molar-refractivity contribution >= 4 is 5.69 Å². The maximum atomic E-state index is 5.37. The van der Waals surface area contributed by atoms with Gasteiger partial charge in [-0.2, -0.15) is 0 Å². The normalized spacial score (nSPS) is 21.7. The molecule has 0 bridgehead atoms. The molecule has 2 aliphatic rings. The Balaban J connectivity index is 1.80. The van der Waals surface area contributed by atoms with Gasteiger partial charge in [-0.1, -0.05) is 12.1 Å². The molecule has 0 unspecified atom stereocenters. The van der Waals surface area contributed by atoms with E-state index in [1.165, 1.54) is 24.1 Å². The van der Waals surface area contributed by atoms with Gasteiger partial charge in [0.05, 0.1) is 13.2 Å². The maximum Gasteiger partial charge on any atom is 0.0642 e. The summed E-state index contributed by atoms with van der Waals surface area (Å²) in [5.41, 5.74) is 2.90. The minimum atomic E-state index is 0.853. The standard InChI is InChI=1S/C13H17NO/c1-2-12(11-4-5-11)10-13(3-1)14-6-8-15-9-7-14/h1-3,10-11H,4-9H2. The average Bonchev–Trinajstić information content (AvgIpc) is 3.14. The van der Waals surface area contributed by atoms with Crippen molar-refractivity contribution in [2.45, 2.75) is 18.8 Å². The quantitative estimate of drug-likeness (QED) is 0.732. The van der Waals surface area contributed by atoms with Crippen molar-refractivity contribution in [2.75, 3.05) is 31.2 Å². The van der Waals surface area contributed by atoms with Crippen LogP contribution in [0.3, 0.4) is 0 Å². The van der Waals surface area contributed by atoms with E-state index in [1.807, 2.05) is 0 Å². The third kappa shape index (κ3) is 2.00. The molecule has 1 aliphatic heterocycles. The highest BCUT2D eigenvalue weighted by Gasteiger charge is 2.24. The molecule has 1 aliphatic carbocycles. The van der Waals surface area contributed by atoms with Gasteiger partial charge in [-0.15, -0.1) is 0 Å². The largest absolute Gasteiger partial charge is 0.378 e. The van der Waals surface area contributed by atoms with Crippen LogP contribution < -0.4 is 4.90 Å². The molecule has 0 amide bonds. The van der Waals surface area contributed by atoms with E-state index in [0.29, 0.717) is 0 Å². The summed E-state index contributed by atoms with van der Waals surface area (Å²) < 4.78 is 5.37. The van der Waals surface area contributed by atoms with E-state index in [1.54, 1.807) is 0 Å². The first kappa shape index (κ1) is 9.22. The molecule has 2 heteroatoms. The zero-order chi connectivity index (χ0) is 10.1. The molecule has 1 saturated heterocycles. The van der Waals surface area contributed by atoms with Gasteiger partial charge in [-0.3, -0.25) is 0 Å². The van der Waals surface area contributed by atoms with Crippen LogP contribution in [-0.2, 0) is 4.74 Å². The first-order chi connectivity index (χ1) is 7.43. The summed E-state index contributed by atoms with van der Waals surface area (Å²) in [6.45, 7) is 3.81. The fourth-order valence-corrected chi connectivity index (χ4v) is 2.21. The number of morpholine rings is 1. The number of rotatable bonds is 2. The van der Waals surface area contributed by atoms with Gasteiger partial charge in [-0.25, -0.2) is 0 Å². The summed E-state index contributed by atoms with van der Waals surface area (Å²) >= 11 is 0. The molecule has 2 fully saturated rings. The summed E-state index contributed by atoms with van der Waals surface area (Å²) in [5, 5.41) is 0. The fourth-order valence-electron chi connectivity index (χ4n) is 2.21. The highest BCUT2D eigenvalue weighted by molar-refractivity contribution is 5.50. The number of anilines is 1. The van der Waals surface area contributed by atoms with Gasteiger partial charge in [-0.05, 0) is 36.5 Å². The summed E-state index contributed by atoms with van der Waals surface area (Å²) in [6.07, 6.45) is 2.76. The Bertz CT molecular complexity index is 340. The van der Waals surface area contributed by atoms with Crippen LogP contribution in [0.25, 0.3) is 0 Å². The molecule has 0 radical (unpaired) electrons. The highest BCUT2D eigenvalue weighted by Crippen LogP contribution is 2.41. The Hall–Kier alpha value is -1.02. The minimum Gasteiger partial charge on any atom is -0.378 e. The van der Waals surface area contributed by atoms with Crippen molar-refractivity contribution in [3.05, 3.63) is 29.8 Å². The molecule has 1 heterocycles. The molecule has 80 valence electrons. The number of hydrogen-bond acceptors (Lipinski definition) is 2. The van der Waals surface area contributed by atoms with Crippen molar-refractivity contribution in [3.63, 3.8) is 0 Å². The predicted molar refractivity (Wildman–Crippen MR) is 61.4 cm³/mol. The van der Waals surface area contributed by atoms with Crippen LogP contribution in [0.4, 0.5) is 5.69 Å². The molecule has 0 aromatic heterocycles.